The molecule has 1 aliphatic heterocycles. The van der Waals surface area contributed by atoms with E-state index in [1.54, 1.807) is 7.11 Å². The second-order valence-corrected chi connectivity index (χ2v) is 4.02. The highest BCUT2D eigenvalue weighted by Gasteiger charge is 2.28. The van der Waals surface area contributed by atoms with Gasteiger partial charge in [0.1, 0.15) is 11.6 Å². The third kappa shape index (κ3) is 2.44. The quantitative estimate of drug-likeness (QED) is 0.790. The predicted molar refractivity (Wildman–Crippen MR) is 57.7 cm³/mol. The zero-order chi connectivity index (χ0) is 12.4. The lowest BCUT2D eigenvalue weighted by molar-refractivity contribution is 0.0720. The number of halogens is 2. The van der Waals surface area contributed by atoms with E-state index in [0.717, 1.165) is 18.6 Å². The Morgan fingerprint density at radius 2 is 2.24 bits per heavy atom. The van der Waals surface area contributed by atoms with Crippen LogP contribution in [0.4, 0.5) is 8.78 Å². The van der Waals surface area contributed by atoms with Crippen molar-refractivity contribution in [2.75, 3.05) is 20.2 Å². The number of benzene rings is 1. The highest BCUT2D eigenvalue weighted by Crippen LogP contribution is 2.17. The molecule has 2 rings (SSSR count). The van der Waals surface area contributed by atoms with E-state index < -0.39 is 17.5 Å². The SMILES string of the molecule is COC1CCN(C(=O)c2ccc(F)cc2F)C1. The Morgan fingerprint density at radius 1 is 1.47 bits per heavy atom. The molecule has 92 valence electrons. The van der Waals surface area contributed by atoms with Gasteiger partial charge < -0.3 is 9.64 Å². The van der Waals surface area contributed by atoms with Gasteiger partial charge in [0.15, 0.2) is 0 Å². The summed E-state index contributed by atoms with van der Waals surface area (Å²) in [5, 5.41) is 0. The first-order valence-electron chi connectivity index (χ1n) is 5.39. The summed E-state index contributed by atoms with van der Waals surface area (Å²) in [5.41, 5.74) is -0.0943. The normalized spacial score (nSPS) is 19.7. The van der Waals surface area contributed by atoms with Gasteiger partial charge in [-0.05, 0) is 18.6 Å². The molecule has 1 fully saturated rings. The number of hydrogen-bond donors (Lipinski definition) is 0. The standard InChI is InChI=1S/C12H13F2NO2/c1-17-9-4-5-15(7-9)12(16)10-3-2-8(13)6-11(10)14/h2-3,6,9H,4-5,7H2,1H3. The molecule has 1 aromatic carbocycles. The van der Waals surface area contributed by atoms with Gasteiger partial charge >= 0.3 is 0 Å². The van der Waals surface area contributed by atoms with Gasteiger partial charge in [-0.3, -0.25) is 4.79 Å². The first kappa shape index (κ1) is 12.0. The van der Waals surface area contributed by atoms with Crippen LogP contribution in [0.25, 0.3) is 0 Å². The fourth-order valence-corrected chi connectivity index (χ4v) is 1.94. The number of methoxy groups -OCH3 is 1. The second kappa shape index (κ2) is 4.79. The molecule has 0 saturated carbocycles. The van der Waals surface area contributed by atoms with Crippen LogP contribution < -0.4 is 0 Å². The largest absolute Gasteiger partial charge is 0.380 e. The van der Waals surface area contributed by atoms with Crippen LogP contribution >= 0.6 is 0 Å². The zero-order valence-electron chi connectivity index (χ0n) is 9.45. The highest BCUT2D eigenvalue weighted by molar-refractivity contribution is 5.94. The van der Waals surface area contributed by atoms with Gasteiger partial charge in [0.05, 0.1) is 11.7 Å². The van der Waals surface area contributed by atoms with Crippen LogP contribution in [0, 0.1) is 11.6 Å². The molecule has 0 aliphatic carbocycles. The first-order valence-corrected chi connectivity index (χ1v) is 5.39. The number of carbonyl (C=O) groups is 1. The minimum Gasteiger partial charge on any atom is -0.380 e. The van der Waals surface area contributed by atoms with E-state index in [1.807, 2.05) is 0 Å². The Kier molecular flexibility index (Phi) is 3.38. The molecule has 0 radical (unpaired) electrons. The molecule has 1 heterocycles. The van der Waals surface area contributed by atoms with Crippen LogP contribution in [0.15, 0.2) is 18.2 Å². The Bertz CT molecular complexity index is 437. The molecule has 0 N–H and O–H groups in total. The molecule has 1 unspecified atom stereocenters. The van der Waals surface area contributed by atoms with Crippen LogP contribution in [0.2, 0.25) is 0 Å². The summed E-state index contributed by atoms with van der Waals surface area (Å²) < 4.78 is 31.3. The molecule has 17 heavy (non-hydrogen) atoms. The van der Waals surface area contributed by atoms with Crippen LogP contribution in [-0.2, 0) is 4.74 Å². The van der Waals surface area contributed by atoms with Crippen molar-refractivity contribution in [1.29, 1.82) is 0 Å². The summed E-state index contributed by atoms with van der Waals surface area (Å²) in [5.74, 6) is -1.92. The van der Waals surface area contributed by atoms with E-state index >= 15 is 0 Å². The summed E-state index contributed by atoms with van der Waals surface area (Å²) in [6.45, 7) is 0.986. The van der Waals surface area contributed by atoms with E-state index in [9.17, 15) is 13.6 Å². The molecule has 1 aliphatic rings. The predicted octanol–water partition coefficient (Wildman–Crippen LogP) is 1.83. The van der Waals surface area contributed by atoms with Crippen LogP contribution in [0.3, 0.4) is 0 Å². The summed E-state index contributed by atoms with van der Waals surface area (Å²) >= 11 is 0. The van der Waals surface area contributed by atoms with Crippen molar-refractivity contribution in [3.63, 3.8) is 0 Å². The average molecular weight is 241 g/mol. The maximum atomic E-state index is 13.4. The molecule has 0 aromatic heterocycles. The molecule has 1 atom stereocenters. The summed E-state index contributed by atoms with van der Waals surface area (Å²) in [6.07, 6.45) is 0.743. The van der Waals surface area contributed by atoms with E-state index in [0.29, 0.717) is 13.1 Å². The van der Waals surface area contributed by atoms with Crippen molar-refractivity contribution in [2.45, 2.75) is 12.5 Å². The minimum atomic E-state index is -0.823. The monoisotopic (exact) mass is 241 g/mol. The maximum Gasteiger partial charge on any atom is 0.256 e. The summed E-state index contributed by atoms with van der Waals surface area (Å²) in [4.78, 5) is 13.5. The maximum absolute atomic E-state index is 13.4. The smallest absolute Gasteiger partial charge is 0.256 e. The first-order chi connectivity index (χ1) is 8.11. The van der Waals surface area contributed by atoms with E-state index in [1.165, 1.54) is 11.0 Å². The molecule has 1 saturated heterocycles. The van der Waals surface area contributed by atoms with Gasteiger partial charge in [-0.25, -0.2) is 8.78 Å². The topological polar surface area (TPSA) is 29.5 Å². The molecular formula is C12H13F2NO2. The third-order valence-corrected chi connectivity index (χ3v) is 2.93. The fraction of sp³-hybridized carbons (Fsp3) is 0.417. The lowest BCUT2D eigenvalue weighted by Gasteiger charge is -2.16. The number of likely N-dealkylation sites (tertiary alicyclic amines) is 1. The number of ether oxygens (including phenoxy) is 1. The van der Waals surface area contributed by atoms with Gasteiger partial charge in [-0.15, -0.1) is 0 Å². The Morgan fingerprint density at radius 3 is 2.82 bits per heavy atom. The van der Waals surface area contributed by atoms with Crippen molar-refractivity contribution in [3.8, 4) is 0 Å². The second-order valence-electron chi connectivity index (χ2n) is 4.02. The lowest BCUT2D eigenvalue weighted by atomic mass is 10.2. The van der Waals surface area contributed by atoms with Crippen molar-refractivity contribution in [2.24, 2.45) is 0 Å². The van der Waals surface area contributed by atoms with Gasteiger partial charge in [-0.1, -0.05) is 0 Å². The molecule has 0 spiro atoms. The van der Waals surface area contributed by atoms with Crippen LogP contribution in [-0.4, -0.2) is 37.1 Å². The van der Waals surface area contributed by atoms with E-state index in [-0.39, 0.29) is 11.7 Å². The molecule has 1 aromatic rings. The number of carbonyl (C=O) groups excluding carboxylic acids is 1. The molecule has 5 heteroatoms. The summed E-state index contributed by atoms with van der Waals surface area (Å²) in [6, 6.07) is 2.98. The Balaban J connectivity index is 2.15. The zero-order valence-corrected chi connectivity index (χ0v) is 9.45. The van der Waals surface area contributed by atoms with Gasteiger partial charge in [0.25, 0.3) is 5.91 Å². The van der Waals surface area contributed by atoms with Gasteiger partial charge in [-0.2, -0.15) is 0 Å². The number of hydrogen-bond acceptors (Lipinski definition) is 2. The average Bonchev–Trinajstić information content (AvgIpc) is 2.76. The van der Waals surface area contributed by atoms with Crippen molar-refractivity contribution < 1.29 is 18.3 Å². The van der Waals surface area contributed by atoms with Gasteiger partial charge in [0, 0.05) is 26.3 Å². The minimum absolute atomic E-state index is 0.00228. The highest BCUT2D eigenvalue weighted by atomic mass is 19.1. The fourth-order valence-electron chi connectivity index (χ4n) is 1.94. The van der Waals surface area contributed by atoms with Gasteiger partial charge in [0.2, 0.25) is 0 Å². The van der Waals surface area contributed by atoms with E-state index in [2.05, 4.69) is 0 Å². The Hall–Kier alpha value is -1.49. The number of nitrogens with zero attached hydrogens (tertiary/aromatic N) is 1. The molecule has 3 nitrogen and oxygen atoms in total. The Labute approximate surface area is 98.0 Å². The number of amides is 1. The molecule has 1 amide bonds. The van der Waals surface area contributed by atoms with Crippen molar-refractivity contribution in [1.82, 2.24) is 4.90 Å². The molecular weight excluding hydrogens is 228 g/mol. The molecule has 0 bridgehead atoms. The van der Waals surface area contributed by atoms with Crippen LogP contribution in [0.5, 0.6) is 0 Å². The van der Waals surface area contributed by atoms with Crippen molar-refractivity contribution >= 4 is 5.91 Å². The van der Waals surface area contributed by atoms with E-state index in [4.69, 9.17) is 4.74 Å². The third-order valence-electron chi connectivity index (χ3n) is 2.93. The number of rotatable bonds is 2. The van der Waals surface area contributed by atoms with Crippen LogP contribution in [0.1, 0.15) is 16.8 Å². The van der Waals surface area contributed by atoms with Crippen molar-refractivity contribution in [3.05, 3.63) is 35.4 Å². The summed E-state index contributed by atoms with van der Waals surface area (Å²) in [7, 11) is 1.58. The lowest BCUT2D eigenvalue weighted by Crippen LogP contribution is -2.30.